The molecule has 12 heavy (non-hydrogen) atoms. The number of nitriles is 1. The van der Waals surface area contributed by atoms with Crippen molar-refractivity contribution in [1.29, 1.82) is 5.26 Å². The topological polar surface area (TPSA) is 23.8 Å². The van der Waals surface area contributed by atoms with Crippen molar-refractivity contribution in [2.45, 2.75) is 5.33 Å². The van der Waals surface area contributed by atoms with Gasteiger partial charge in [-0.15, -0.1) is 0 Å². The standard InChI is InChI=1S/C8H4BrClFN/c9-3-5-1-6(10)2-8(11)7(5)4-12/h1-2H,3H2. The van der Waals surface area contributed by atoms with E-state index in [2.05, 4.69) is 15.9 Å². The fourth-order valence-corrected chi connectivity index (χ4v) is 1.53. The van der Waals surface area contributed by atoms with Crippen LogP contribution in [-0.4, -0.2) is 0 Å². The van der Waals surface area contributed by atoms with Crippen LogP contribution in [-0.2, 0) is 5.33 Å². The van der Waals surface area contributed by atoms with Gasteiger partial charge in [-0.25, -0.2) is 4.39 Å². The Hall–Kier alpha value is -0.590. The molecule has 0 aromatic heterocycles. The Kier molecular flexibility index (Phi) is 3.07. The summed E-state index contributed by atoms with van der Waals surface area (Å²) in [6.07, 6.45) is 0. The third-order valence-electron chi connectivity index (χ3n) is 1.39. The van der Waals surface area contributed by atoms with E-state index in [9.17, 15) is 4.39 Å². The highest BCUT2D eigenvalue weighted by molar-refractivity contribution is 9.08. The number of hydrogen-bond donors (Lipinski definition) is 0. The van der Waals surface area contributed by atoms with Crippen LogP contribution < -0.4 is 0 Å². The Morgan fingerprint density at radius 2 is 2.25 bits per heavy atom. The maximum atomic E-state index is 13.0. The molecule has 0 aliphatic carbocycles. The average molecular weight is 248 g/mol. The van der Waals surface area contributed by atoms with Gasteiger partial charge in [-0.1, -0.05) is 27.5 Å². The summed E-state index contributed by atoms with van der Waals surface area (Å²) in [4.78, 5) is 0. The summed E-state index contributed by atoms with van der Waals surface area (Å²) in [6, 6.07) is 4.48. The van der Waals surface area contributed by atoms with Crippen molar-refractivity contribution in [3.63, 3.8) is 0 Å². The van der Waals surface area contributed by atoms with Crippen LogP contribution in [0.2, 0.25) is 5.02 Å². The predicted molar refractivity (Wildman–Crippen MR) is 48.8 cm³/mol. The Morgan fingerprint density at radius 1 is 1.58 bits per heavy atom. The summed E-state index contributed by atoms with van der Waals surface area (Å²) >= 11 is 8.73. The highest BCUT2D eigenvalue weighted by Gasteiger charge is 2.08. The van der Waals surface area contributed by atoms with Gasteiger partial charge >= 0.3 is 0 Å². The van der Waals surface area contributed by atoms with Crippen molar-refractivity contribution in [2.24, 2.45) is 0 Å². The first-order chi connectivity index (χ1) is 5.69. The molecule has 0 atom stereocenters. The third kappa shape index (κ3) is 1.77. The molecule has 0 saturated carbocycles. The van der Waals surface area contributed by atoms with Crippen LogP contribution in [0.25, 0.3) is 0 Å². The molecule has 0 aliphatic rings. The number of benzene rings is 1. The molecule has 0 spiro atoms. The van der Waals surface area contributed by atoms with E-state index in [1.807, 2.05) is 0 Å². The number of halogens is 3. The lowest BCUT2D eigenvalue weighted by atomic mass is 10.1. The second-order valence-corrected chi connectivity index (χ2v) is 3.16. The molecular formula is C8H4BrClFN. The Morgan fingerprint density at radius 3 is 2.75 bits per heavy atom. The fourth-order valence-electron chi connectivity index (χ4n) is 0.857. The van der Waals surface area contributed by atoms with E-state index in [-0.39, 0.29) is 5.56 Å². The van der Waals surface area contributed by atoms with Crippen LogP contribution >= 0.6 is 27.5 Å². The van der Waals surface area contributed by atoms with Gasteiger partial charge in [-0.2, -0.15) is 5.26 Å². The Bertz CT molecular complexity index is 346. The first kappa shape index (κ1) is 9.50. The second-order valence-electron chi connectivity index (χ2n) is 2.17. The lowest BCUT2D eigenvalue weighted by Crippen LogP contribution is -1.90. The van der Waals surface area contributed by atoms with E-state index in [4.69, 9.17) is 16.9 Å². The van der Waals surface area contributed by atoms with Gasteiger partial charge in [-0.3, -0.25) is 0 Å². The van der Waals surface area contributed by atoms with E-state index in [1.165, 1.54) is 0 Å². The quantitative estimate of drug-likeness (QED) is 0.700. The van der Waals surface area contributed by atoms with Gasteiger partial charge in [0.15, 0.2) is 0 Å². The summed E-state index contributed by atoms with van der Waals surface area (Å²) < 4.78 is 13.0. The van der Waals surface area contributed by atoms with Crippen molar-refractivity contribution in [1.82, 2.24) is 0 Å². The molecule has 62 valence electrons. The largest absolute Gasteiger partial charge is 0.205 e. The molecule has 0 saturated heterocycles. The minimum Gasteiger partial charge on any atom is -0.205 e. The van der Waals surface area contributed by atoms with Crippen LogP contribution in [0.15, 0.2) is 12.1 Å². The summed E-state index contributed by atoms with van der Waals surface area (Å²) in [5.74, 6) is -0.570. The summed E-state index contributed by atoms with van der Waals surface area (Å²) in [5.41, 5.74) is 0.624. The lowest BCUT2D eigenvalue weighted by molar-refractivity contribution is 0.622. The van der Waals surface area contributed by atoms with Gasteiger partial charge in [0.05, 0.1) is 5.56 Å². The molecule has 0 unspecified atom stereocenters. The van der Waals surface area contributed by atoms with Crippen molar-refractivity contribution in [2.75, 3.05) is 0 Å². The summed E-state index contributed by atoms with van der Waals surface area (Å²) in [5, 5.41) is 9.30. The summed E-state index contributed by atoms with van der Waals surface area (Å²) in [7, 11) is 0. The zero-order valence-electron chi connectivity index (χ0n) is 5.94. The molecule has 0 fully saturated rings. The van der Waals surface area contributed by atoms with E-state index < -0.39 is 5.82 Å². The zero-order valence-corrected chi connectivity index (χ0v) is 8.28. The fraction of sp³-hybridized carbons (Fsp3) is 0.125. The van der Waals surface area contributed by atoms with E-state index in [0.29, 0.717) is 15.9 Å². The molecule has 0 N–H and O–H groups in total. The number of alkyl halides is 1. The Balaban J connectivity index is 3.36. The molecule has 0 heterocycles. The van der Waals surface area contributed by atoms with Crippen molar-refractivity contribution in [3.05, 3.63) is 34.1 Å². The van der Waals surface area contributed by atoms with Gasteiger partial charge in [0.2, 0.25) is 0 Å². The minimum atomic E-state index is -0.570. The van der Waals surface area contributed by atoms with Crippen molar-refractivity contribution in [3.8, 4) is 6.07 Å². The molecule has 4 heteroatoms. The second kappa shape index (κ2) is 3.88. The van der Waals surface area contributed by atoms with Gasteiger partial charge in [0, 0.05) is 10.4 Å². The Labute approximate surface area is 82.9 Å². The smallest absolute Gasteiger partial charge is 0.142 e. The van der Waals surface area contributed by atoms with Crippen LogP contribution in [0.1, 0.15) is 11.1 Å². The van der Waals surface area contributed by atoms with E-state index in [1.54, 1.807) is 12.1 Å². The van der Waals surface area contributed by atoms with E-state index in [0.717, 1.165) is 6.07 Å². The zero-order chi connectivity index (χ0) is 9.14. The van der Waals surface area contributed by atoms with Gasteiger partial charge in [-0.05, 0) is 17.7 Å². The van der Waals surface area contributed by atoms with Gasteiger partial charge in [0.25, 0.3) is 0 Å². The molecule has 1 rings (SSSR count). The number of nitrogens with zero attached hydrogens (tertiary/aromatic N) is 1. The first-order valence-corrected chi connectivity index (χ1v) is 4.63. The molecule has 1 aromatic rings. The third-order valence-corrected chi connectivity index (χ3v) is 2.21. The molecule has 0 aliphatic heterocycles. The van der Waals surface area contributed by atoms with Crippen molar-refractivity contribution < 1.29 is 4.39 Å². The lowest BCUT2D eigenvalue weighted by Gasteiger charge is -2.00. The molecule has 0 bridgehead atoms. The van der Waals surface area contributed by atoms with Crippen molar-refractivity contribution >= 4 is 27.5 Å². The normalized spacial score (nSPS) is 9.50. The SMILES string of the molecule is N#Cc1c(F)cc(Cl)cc1CBr. The van der Waals surface area contributed by atoms with Crippen LogP contribution in [0.4, 0.5) is 4.39 Å². The monoisotopic (exact) mass is 247 g/mol. The molecule has 0 radical (unpaired) electrons. The van der Waals surface area contributed by atoms with Gasteiger partial charge in [0.1, 0.15) is 11.9 Å². The van der Waals surface area contributed by atoms with Gasteiger partial charge < -0.3 is 0 Å². The van der Waals surface area contributed by atoms with E-state index >= 15 is 0 Å². The number of rotatable bonds is 1. The highest BCUT2D eigenvalue weighted by Crippen LogP contribution is 2.21. The first-order valence-electron chi connectivity index (χ1n) is 3.13. The minimum absolute atomic E-state index is 0.0521. The van der Waals surface area contributed by atoms with Crippen LogP contribution in [0.5, 0.6) is 0 Å². The van der Waals surface area contributed by atoms with Crippen LogP contribution in [0.3, 0.4) is 0 Å². The van der Waals surface area contributed by atoms with Crippen LogP contribution in [0, 0.1) is 17.1 Å². The highest BCUT2D eigenvalue weighted by atomic mass is 79.9. The molecule has 1 nitrogen and oxygen atoms in total. The number of hydrogen-bond acceptors (Lipinski definition) is 1. The summed E-state index contributed by atoms with van der Waals surface area (Å²) in [6.45, 7) is 0. The molecular weight excluding hydrogens is 244 g/mol. The maximum absolute atomic E-state index is 13.0. The molecule has 1 aromatic carbocycles. The molecule has 0 amide bonds. The predicted octanol–water partition coefficient (Wildman–Crippen LogP) is 3.25. The maximum Gasteiger partial charge on any atom is 0.142 e. The average Bonchev–Trinajstić information content (AvgIpc) is 2.03.